The van der Waals surface area contributed by atoms with Crippen LogP contribution in [0.3, 0.4) is 0 Å². The molecule has 0 N–H and O–H groups in total. The van der Waals surface area contributed by atoms with E-state index in [1.54, 1.807) is 0 Å². The Balaban J connectivity index is 2.10. The van der Waals surface area contributed by atoms with E-state index in [-0.39, 0.29) is 0 Å². The topological polar surface area (TPSA) is 18.5 Å². The summed E-state index contributed by atoms with van der Waals surface area (Å²) >= 11 is 0. The van der Waals surface area contributed by atoms with Crippen molar-refractivity contribution < 1.29 is 9.47 Å². The first-order valence-corrected chi connectivity index (χ1v) is 6.52. The molecule has 0 bridgehead atoms. The molecule has 1 aromatic carbocycles. The van der Waals surface area contributed by atoms with E-state index in [1.807, 2.05) is 0 Å². The maximum absolute atomic E-state index is 6.10. The van der Waals surface area contributed by atoms with E-state index in [0.717, 1.165) is 31.8 Å². The predicted molar refractivity (Wildman–Crippen MR) is 69.7 cm³/mol. The third-order valence-electron chi connectivity index (χ3n) is 3.34. The molecule has 2 rings (SSSR count). The van der Waals surface area contributed by atoms with Crippen LogP contribution < -0.4 is 4.74 Å². The Hall–Kier alpha value is -1.02. The predicted octanol–water partition coefficient (Wildman–Crippen LogP) is 3.68. The van der Waals surface area contributed by atoms with Crippen molar-refractivity contribution >= 4 is 0 Å². The zero-order chi connectivity index (χ0) is 12.3. The summed E-state index contributed by atoms with van der Waals surface area (Å²) in [6.45, 7) is 8.19. The Morgan fingerprint density at radius 1 is 1.24 bits per heavy atom. The van der Waals surface area contributed by atoms with Crippen LogP contribution >= 0.6 is 0 Å². The average molecular weight is 234 g/mol. The highest BCUT2D eigenvalue weighted by Gasteiger charge is 2.16. The van der Waals surface area contributed by atoms with Crippen LogP contribution in [0.1, 0.15) is 43.7 Å². The maximum atomic E-state index is 6.10. The second-order valence-electron chi connectivity index (χ2n) is 5.11. The standard InChI is InChI=1S/C15H22O2/c1-11(2)13-5-4-12(3)15(10-13)17-14-6-8-16-9-7-14/h4-5,10-11,14H,6-9H2,1-3H3. The highest BCUT2D eigenvalue weighted by molar-refractivity contribution is 5.37. The van der Waals surface area contributed by atoms with Crippen LogP contribution in [0, 0.1) is 6.92 Å². The van der Waals surface area contributed by atoms with Gasteiger partial charge in [-0.1, -0.05) is 26.0 Å². The van der Waals surface area contributed by atoms with Crippen molar-refractivity contribution in [3.8, 4) is 5.75 Å². The molecule has 1 fully saturated rings. The van der Waals surface area contributed by atoms with Gasteiger partial charge in [-0.3, -0.25) is 0 Å². The second kappa shape index (κ2) is 5.54. The summed E-state index contributed by atoms with van der Waals surface area (Å²) < 4.78 is 11.4. The number of aryl methyl sites for hydroxylation is 1. The van der Waals surface area contributed by atoms with Gasteiger partial charge in [0.25, 0.3) is 0 Å². The van der Waals surface area contributed by atoms with Gasteiger partial charge in [0.2, 0.25) is 0 Å². The molecule has 17 heavy (non-hydrogen) atoms. The largest absolute Gasteiger partial charge is 0.490 e. The third kappa shape index (κ3) is 3.22. The summed E-state index contributed by atoms with van der Waals surface area (Å²) in [5, 5.41) is 0. The molecule has 0 saturated carbocycles. The summed E-state index contributed by atoms with van der Waals surface area (Å²) in [5.74, 6) is 1.59. The SMILES string of the molecule is Cc1ccc(C(C)C)cc1OC1CCOCC1. The summed E-state index contributed by atoms with van der Waals surface area (Å²) in [6.07, 6.45) is 2.33. The van der Waals surface area contributed by atoms with Crippen LogP contribution in [0.5, 0.6) is 5.75 Å². The molecule has 0 aromatic heterocycles. The molecule has 0 aliphatic carbocycles. The molecule has 1 aromatic rings. The van der Waals surface area contributed by atoms with Gasteiger partial charge in [-0.25, -0.2) is 0 Å². The molecule has 2 nitrogen and oxygen atoms in total. The zero-order valence-electron chi connectivity index (χ0n) is 11.0. The molecular formula is C15H22O2. The van der Waals surface area contributed by atoms with Gasteiger partial charge in [-0.2, -0.15) is 0 Å². The van der Waals surface area contributed by atoms with Gasteiger partial charge in [0.05, 0.1) is 13.2 Å². The highest BCUT2D eigenvalue weighted by Crippen LogP contribution is 2.26. The Labute approximate surface area is 104 Å². The molecule has 0 amide bonds. The summed E-state index contributed by atoms with van der Waals surface area (Å²) in [6, 6.07) is 6.54. The van der Waals surface area contributed by atoms with Gasteiger partial charge in [0.15, 0.2) is 0 Å². The quantitative estimate of drug-likeness (QED) is 0.794. The van der Waals surface area contributed by atoms with Crippen molar-refractivity contribution in [2.75, 3.05) is 13.2 Å². The molecule has 2 heteroatoms. The number of ether oxygens (including phenoxy) is 2. The fourth-order valence-corrected chi connectivity index (χ4v) is 2.08. The molecule has 0 atom stereocenters. The van der Waals surface area contributed by atoms with Crippen molar-refractivity contribution in [1.82, 2.24) is 0 Å². The van der Waals surface area contributed by atoms with Gasteiger partial charge in [0.1, 0.15) is 11.9 Å². The fraction of sp³-hybridized carbons (Fsp3) is 0.600. The molecule has 1 aliphatic heterocycles. The zero-order valence-corrected chi connectivity index (χ0v) is 11.0. The Morgan fingerprint density at radius 2 is 1.94 bits per heavy atom. The first-order valence-electron chi connectivity index (χ1n) is 6.52. The minimum Gasteiger partial charge on any atom is -0.490 e. The lowest BCUT2D eigenvalue weighted by Crippen LogP contribution is -2.26. The van der Waals surface area contributed by atoms with Crippen molar-refractivity contribution in [3.63, 3.8) is 0 Å². The minimum absolute atomic E-state index is 0.324. The lowest BCUT2D eigenvalue weighted by Gasteiger charge is -2.24. The van der Waals surface area contributed by atoms with Crippen LogP contribution in [0.2, 0.25) is 0 Å². The smallest absolute Gasteiger partial charge is 0.122 e. The summed E-state index contributed by atoms with van der Waals surface area (Å²) in [5.41, 5.74) is 2.57. The van der Waals surface area contributed by atoms with Crippen LogP contribution in [0.25, 0.3) is 0 Å². The molecule has 0 unspecified atom stereocenters. The van der Waals surface area contributed by atoms with Crippen molar-refractivity contribution in [3.05, 3.63) is 29.3 Å². The molecular weight excluding hydrogens is 212 g/mol. The number of hydrogen-bond acceptors (Lipinski definition) is 2. The highest BCUT2D eigenvalue weighted by atomic mass is 16.5. The lowest BCUT2D eigenvalue weighted by atomic mass is 10.0. The van der Waals surface area contributed by atoms with Crippen molar-refractivity contribution in [2.24, 2.45) is 0 Å². The van der Waals surface area contributed by atoms with Gasteiger partial charge >= 0.3 is 0 Å². The van der Waals surface area contributed by atoms with E-state index < -0.39 is 0 Å². The van der Waals surface area contributed by atoms with Crippen LogP contribution in [-0.4, -0.2) is 19.3 Å². The molecule has 1 saturated heterocycles. The summed E-state index contributed by atoms with van der Waals surface area (Å²) in [4.78, 5) is 0. The monoisotopic (exact) mass is 234 g/mol. The van der Waals surface area contributed by atoms with Crippen LogP contribution in [0.15, 0.2) is 18.2 Å². The van der Waals surface area contributed by atoms with Gasteiger partial charge in [-0.05, 0) is 30.0 Å². The molecule has 1 heterocycles. The minimum atomic E-state index is 0.324. The number of rotatable bonds is 3. The molecule has 0 spiro atoms. The van der Waals surface area contributed by atoms with E-state index in [0.29, 0.717) is 12.0 Å². The normalized spacial score (nSPS) is 17.4. The Kier molecular flexibility index (Phi) is 4.06. The Bertz CT molecular complexity index is 365. The van der Waals surface area contributed by atoms with Gasteiger partial charge in [0, 0.05) is 12.8 Å². The second-order valence-corrected chi connectivity index (χ2v) is 5.11. The molecule has 1 aliphatic rings. The van der Waals surface area contributed by atoms with Gasteiger partial charge < -0.3 is 9.47 Å². The van der Waals surface area contributed by atoms with E-state index >= 15 is 0 Å². The first-order chi connectivity index (χ1) is 8.16. The average Bonchev–Trinajstić information content (AvgIpc) is 2.33. The van der Waals surface area contributed by atoms with Crippen LogP contribution in [-0.2, 0) is 4.74 Å². The van der Waals surface area contributed by atoms with E-state index in [9.17, 15) is 0 Å². The fourth-order valence-electron chi connectivity index (χ4n) is 2.08. The number of benzene rings is 1. The Morgan fingerprint density at radius 3 is 2.59 bits per heavy atom. The van der Waals surface area contributed by atoms with Crippen LogP contribution in [0.4, 0.5) is 0 Å². The van der Waals surface area contributed by atoms with E-state index in [4.69, 9.17) is 9.47 Å². The van der Waals surface area contributed by atoms with Crippen molar-refractivity contribution in [1.29, 1.82) is 0 Å². The molecule has 0 radical (unpaired) electrons. The third-order valence-corrected chi connectivity index (χ3v) is 3.34. The lowest BCUT2D eigenvalue weighted by molar-refractivity contribution is 0.0252. The first kappa shape index (κ1) is 12.4. The van der Waals surface area contributed by atoms with E-state index in [1.165, 1.54) is 11.1 Å². The number of hydrogen-bond donors (Lipinski definition) is 0. The molecule has 94 valence electrons. The maximum Gasteiger partial charge on any atom is 0.122 e. The van der Waals surface area contributed by atoms with E-state index in [2.05, 4.69) is 39.0 Å². The van der Waals surface area contributed by atoms with Crippen molar-refractivity contribution in [2.45, 2.75) is 45.6 Å². The van der Waals surface area contributed by atoms with Gasteiger partial charge in [-0.15, -0.1) is 0 Å². The summed E-state index contributed by atoms with van der Waals surface area (Å²) in [7, 11) is 0.